The Bertz CT molecular complexity index is 593. The van der Waals surface area contributed by atoms with Crippen LogP contribution in [0.15, 0.2) is 18.2 Å². The number of amides is 1. The van der Waals surface area contributed by atoms with Crippen molar-refractivity contribution in [1.82, 2.24) is 4.90 Å². The molecule has 1 aromatic rings. The van der Waals surface area contributed by atoms with E-state index in [-0.39, 0.29) is 12.5 Å². The highest BCUT2D eigenvalue weighted by molar-refractivity contribution is 5.96. The highest BCUT2D eigenvalue weighted by Crippen LogP contribution is 2.28. The Morgan fingerprint density at radius 3 is 2.90 bits per heavy atom. The Kier molecular flexibility index (Phi) is 3.33. The van der Waals surface area contributed by atoms with Crippen LogP contribution in [0.5, 0.6) is 0 Å². The predicted molar refractivity (Wildman–Crippen MR) is 76.5 cm³/mol. The van der Waals surface area contributed by atoms with Gasteiger partial charge in [0.05, 0.1) is 13.1 Å². The average Bonchev–Trinajstić information content (AvgIpc) is 2.88. The molecule has 0 aromatic heterocycles. The number of hydrogen-bond acceptors (Lipinski definition) is 4. The van der Waals surface area contributed by atoms with Crippen molar-refractivity contribution in [3.8, 4) is 0 Å². The third-order valence-corrected chi connectivity index (χ3v) is 3.95. The minimum atomic E-state index is -0.995. The summed E-state index contributed by atoms with van der Waals surface area (Å²) in [5, 5.41) is 11.9. The standard InChI is InChI=1S/C15H18N2O4/c1-15(21-7-13(18)19)8-17(9-15)14(20)11-3-2-10-4-5-16-12(10)6-11/h2-3,6,16H,4-5,7-9H2,1H3,(H,18,19). The van der Waals surface area contributed by atoms with Gasteiger partial charge in [0.15, 0.2) is 0 Å². The van der Waals surface area contributed by atoms with Gasteiger partial charge in [0, 0.05) is 17.8 Å². The van der Waals surface area contributed by atoms with E-state index in [9.17, 15) is 9.59 Å². The molecule has 1 saturated heterocycles. The molecule has 0 spiro atoms. The van der Waals surface area contributed by atoms with Gasteiger partial charge in [-0.3, -0.25) is 4.79 Å². The number of carbonyl (C=O) groups is 2. The zero-order valence-corrected chi connectivity index (χ0v) is 11.9. The predicted octanol–water partition coefficient (Wildman–Crippen LogP) is 0.970. The molecule has 1 aromatic carbocycles. The van der Waals surface area contributed by atoms with E-state index in [4.69, 9.17) is 9.84 Å². The summed E-state index contributed by atoms with van der Waals surface area (Å²) in [6.45, 7) is 3.25. The van der Waals surface area contributed by atoms with E-state index in [0.717, 1.165) is 18.7 Å². The zero-order chi connectivity index (χ0) is 15.0. The van der Waals surface area contributed by atoms with Gasteiger partial charge in [0.1, 0.15) is 12.2 Å². The maximum absolute atomic E-state index is 12.4. The van der Waals surface area contributed by atoms with Crippen molar-refractivity contribution in [2.24, 2.45) is 0 Å². The molecule has 2 heterocycles. The Morgan fingerprint density at radius 2 is 2.19 bits per heavy atom. The molecule has 0 radical (unpaired) electrons. The Balaban J connectivity index is 1.62. The minimum absolute atomic E-state index is 0.0390. The molecule has 2 aliphatic rings. The molecule has 2 N–H and O–H groups in total. The van der Waals surface area contributed by atoms with Gasteiger partial charge < -0.3 is 20.1 Å². The highest BCUT2D eigenvalue weighted by Gasteiger charge is 2.43. The van der Waals surface area contributed by atoms with Gasteiger partial charge in [0.2, 0.25) is 0 Å². The third-order valence-electron chi connectivity index (χ3n) is 3.95. The van der Waals surface area contributed by atoms with Crippen LogP contribution in [0.3, 0.4) is 0 Å². The normalized spacial score (nSPS) is 18.6. The molecule has 0 saturated carbocycles. The van der Waals surface area contributed by atoms with Crippen molar-refractivity contribution in [3.63, 3.8) is 0 Å². The fraction of sp³-hybridized carbons (Fsp3) is 0.467. The maximum Gasteiger partial charge on any atom is 0.329 e. The van der Waals surface area contributed by atoms with Crippen molar-refractivity contribution in [2.75, 3.05) is 31.6 Å². The largest absolute Gasteiger partial charge is 0.480 e. The second-order valence-electron chi connectivity index (χ2n) is 5.84. The van der Waals surface area contributed by atoms with Crippen LogP contribution in [0.25, 0.3) is 0 Å². The monoisotopic (exact) mass is 290 g/mol. The van der Waals surface area contributed by atoms with Crippen molar-refractivity contribution in [3.05, 3.63) is 29.3 Å². The smallest absolute Gasteiger partial charge is 0.329 e. The van der Waals surface area contributed by atoms with Gasteiger partial charge in [-0.15, -0.1) is 0 Å². The van der Waals surface area contributed by atoms with Crippen LogP contribution in [-0.4, -0.2) is 53.7 Å². The highest BCUT2D eigenvalue weighted by atomic mass is 16.5. The molecule has 1 amide bonds. The first kappa shape index (κ1) is 13.9. The Morgan fingerprint density at radius 1 is 1.43 bits per heavy atom. The van der Waals surface area contributed by atoms with E-state index < -0.39 is 11.6 Å². The van der Waals surface area contributed by atoms with Crippen molar-refractivity contribution < 1.29 is 19.4 Å². The Hall–Kier alpha value is -2.08. The number of carboxylic acids is 1. The van der Waals surface area contributed by atoms with Crippen molar-refractivity contribution in [1.29, 1.82) is 0 Å². The number of fused-ring (bicyclic) bond motifs is 1. The van der Waals surface area contributed by atoms with Crippen LogP contribution >= 0.6 is 0 Å². The lowest BCUT2D eigenvalue weighted by atomic mass is 9.95. The lowest BCUT2D eigenvalue weighted by Gasteiger charge is -2.47. The summed E-state index contributed by atoms with van der Waals surface area (Å²) in [4.78, 5) is 24.6. The van der Waals surface area contributed by atoms with Crippen LogP contribution in [0.4, 0.5) is 5.69 Å². The molecular formula is C15H18N2O4. The quantitative estimate of drug-likeness (QED) is 0.864. The van der Waals surface area contributed by atoms with Gasteiger partial charge in [0.25, 0.3) is 5.91 Å². The van der Waals surface area contributed by atoms with E-state index in [2.05, 4.69) is 5.32 Å². The zero-order valence-electron chi connectivity index (χ0n) is 11.9. The SMILES string of the molecule is CC1(OCC(=O)O)CN(C(=O)c2ccc3c(c2)NCC3)C1. The first-order chi connectivity index (χ1) is 9.97. The summed E-state index contributed by atoms with van der Waals surface area (Å²) in [6, 6.07) is 5.73. The molecule has 0 bridgehead atoms. The fourth-order valence-electron chi connectivity index (χ4n) is 2.84. The van der Waals surface area contributed by atoms with Gasteiger partial charge in [-0.1, -0.05) is 6.07 Å². The fourth-order valence-corrected chi connectivity index (χ4v) is 2.84. The number of ether oxygens (including phenoxy) is 1. The van der Waals surface area contributed by atoms with E-state index >= 15 is 0 Å². The third kappa shape index (κ3) is 2.71. The van der Waals surface area contributed by atoms with Crippen LogP contribution in [0.2, 0.25) is 0 Å². The summed E-state index contributed by atoms with van der Waals surface area (Å²) in [7, 11) is 0. The molecule has 21 heavy (non-hydrogen) atoms. The second kappa shape index (κ2) is 5.04. The number of benzene rings is 1. The molecule has 2 aliphatic heterocycles. The van der Waals surface area contributed by atoms with Gasteiger partial charge in [-0.05, 0) is 31.0 Å². The summed E-state index contributed by atoms with van der Waals surface area (Å²) >= 11 is 0. The topological polar surface area (TPSA) is 78.9 Å². The second-order valence-corrected chi connectivity index (χ2v) is 5.84. The first-order valence-corrected chi connectivity index (χ1v) is 6.99. The van der Waals surface area contributed by atoms with E-state index in [0.29, 0.717) is 18.7 Å². The van der Waals surface area contributed by atoms with E-state index in [1.165, 1.54) is 5.56 Å². The first-order valence-electron chi connectivity index (χ1n) is 6.99. The number of carbonyl (C=O) groups excluding carboxylic acids is 1. The minimum Gasteiger partial charge on any atom is -0.480 e. The van der Waals surface area contributed by atoms with Crippen LogP contribution < -0.4 is 5.32 Å². The molecule has 112 valence electrons. The van der Waals surface area contributed by atoms with Crippen LogP contribution in [0.1, 0.15) is 22.8 Å². The summed E-state index contributed by atoms with van der Waals surface area (Å²) in [5.41, 5.74) is 2.38. The number of hydrogen-bond donors (Lipinski definition) is 2. The van der Waals surface area contributed by atoms with Crippen molar-refractivity contribution in [2.45, 2.75) is 18.9 Å². The molecule has 6 nitrogen and oxygen atoms in total. The number of anilines is 1. The number of likely N-dealkylation sites (tertiary alicyclic amines) is 1. The van der Waals surface area contributed by atoms with Crippen molar-refractivity contribution >= 4 is 17.6 Å². The molecule has 0 aliphatic carbocycles. The van der Waals surface area contributed by atoms with Gasteiger partial charge in [-0.25, -0.2) is 4.79 Å². The molecule has 0 atom stereocenters. The molecule has 6 heteroatoms. The lowest BCUT2D eigenvalue weighted by Crippen LogP contribution is -2.63. The number of rotatable bonds is 4. The number of aliphatic carboxylic acids is 1. The Labute approximate surface area is 122 Å². The molecular weight excluding hydrogens is 272 g/mol. The maximum atomic E-state index is 12.4. The van der Waals surface area contributed by atoms with Crippen LogP contribution in [-0.2, 0) is 16.0 Å². The summed E-state index contributed by atoms with van der Waals surface area (Å²) < 4.78 is 5.31. The molecule has 0 unspecified atom stereocenters. The molecule has 3 rings (SSSR count). The molecule has 1 fully saturated rings. The number of nitrogens with one attached hydrogen (secondary N) is 1. The average molecular weight is 290 g/mol. The van der Waals surface area contributed by atoms with Gasteiger partial charge >= 0.3 is 5.97 Å². The van der Waals surface area contributed by atoms with Crippen LogP contribution in [0, 0.1) is 0 Å². The lowest BCUT2D eigenvalue weighted by molar-refractivity contribution is -0.159. The summed E-state index contributed by atoms with van der Waals surface area (Å²) in [5.74, 6) is -1.03. The summed E-state index contributed by atoms with van der Waals surface area (Å²) in [6.07, 6.45) is 0.995. The van der Waals surface area contributed by atoms with E-state index in [1.807, 2.05) is 25.1 Å². The van der Waals surface area contributed by atoms with Gasteiger partial charge in [-0.2, -0.15) is 0 Å². The number of nitrogens with zero attached hydrogens (tertiary/aromatic N) is 1. The van der Waals surface area contributed by atoms with E-state index in [1.54, 1.807) is 4.90 Å². The number of carboxylic acid groups (broad SMARTS) is 1.